The van der Waals surface area contributed by atoms with Crippen molar-refractivity contribution < 1.29 is 31.9 Å². The van der Waals surface area contributed by atoms with Crippen LogP contribution in [0.3, 0.4) is 0 Å². The maximum Gasteiger partial charge on any atom is 0.420 e. The molecule has 4 heterocycles. The molecule has 0 saturated carbocycles. The SMILES string of the molecule is CC(C)(C)OC(=O)NC1CN(C(=O)c2nc3c(C(F)(F)F)cc(-c4ccoc4)cn3c2Cl)C1. The first-order valence-corrected chi connectivity index (χ1v) is 10.3. The highest BCUT2D eigenvalue weighted by atomic mass is 35.5. The number of ether oxygens (including phenoxy) is 1. The molecular formula is C21H20ClF3N4O4. The van der Waals surface area contributed by atoms with Crippen LogP contribution in [0.15, 0.2) is 35.3 Å². The number of hydrogen-bond acceptors (Lipinski definition) is 5. The Kier molecular flexibility index (Phi) is 5.55. The number of amides is 2. The highest BCUT2D eigenvalue weighted by molar-refractivity contribution is 6.33. The zero-order chi connectivity index (χ0) is 24.1. The molecule has 1 saturated heterocycles. The normalized spacial score (nSPS) is 14.9. The smallest absolute Gasteiger partial charge is 0.420 e. The molecule has 2 amide bonds. The average molecular weight is 485 g/mol. The van der Waals surface area contributed by atoms with E-state index in [1.165, 1.54) is 29.7 Å². The van der Waals surface area contributed by atoms with Crippen molar-refractivity contribution in [3.63, 3.8) is 0 Å². The standard InChI is InChI=1S/C21H20ClF3N4O4/c1-20(2,3)33-19(31)26-13-8-28(9-13)18(30)15-16(22)29-7-12(11-4-5-32-10-11)6-14(17(29)27-15)21(23,24)25/h4-7,10,13H,8-9H2,1-3H3,(H,26,31). The molecule has 4 rings (SSSR count). The highest BCUT2D eigenvalue weighted by Gasteiger charge is 2.39. The van der Waals surface area contributed by atoms with E-state index < -0.39 is 35.0 Å². The lowest BCUT2D eigenvalue weighted by atomic mass is 10.1. The van der Waals surface area contributed by atoms with Crippen LogP contribution in [0.1, 0.15) is 36.8 Å². The van der Waals surface area contributed by atoms with E-state index in [0.717, 1.165) is 10.5 Å². The van der Waals surface area contributed by atoms with E-state index in [0.29, 0.717) is 5.56 Å². The number of furan rings is 1. The van der Waals surface area contributed by atoms with Crippen molar-refractivity contribution in [1.29, 1.82) is 0 Å². The Balaban J connectivity index is 1.58. The number of nitrogens with one attached hydrogen (secondary N) is 1. The molecule has 33 heavy (non-hydrogen) atoms. The summed E-state index contributed by atoms with van der Waals surface area (Å²) in [6.07, 6.45) is -1.34. The van der Waals surface area contributed by atoms with Gasteiger partial charge in [0.15, 0.2) is 11.3 Å². The van der Waals surface area contributed by atoms with Gasteiger partial charge >= 0.3 is 12.3 Å². The third kappa shape index (κ3) is 4.63. The van der Waals surface area contributed by atoms with Crippen LogP contribution in [0.5, 0.6) is 0 Å². The van der Waals surface area contributed by atoms with Gasteiger partial charge in [0, 0.05) is 30.4 Å². The lowest BCUT2D eigenvalue weighted by Gasteiger charge is -2.39. The van der Waals surface area contributed by atoms with Gasteiger partial charge in [0.25, 0.3) is 5.91 Å². The monoisotopic (exact) mass is 484 g/mol. The van der Waals surface area contributed by atoms with Crippen molar-refractivity contribution >= 4 is 29.2 Å². The van der Waals surface area contributed by atoms with Crippen molar-refractivity contribution in [2.24, 2.45) is 0 Å². The topological polar surface area (TPSA) is 89.1 Å². The second kappa shape index (κ2) is 7.98. The van der Waals surface area contributed by atoms with E-state index in [1.54, 1.807) is 20.8 Å². The number of halogens is 4. The summed E-state index contributed by atoms with van der Waals surface area (Å²) in [6.45, 7) is 5.47. The minimum Gasteiger partial charge on any atom is -0.472 e. The summed E-state index contributed by atoms with van der Waals surface area (Å²) in [6, 6.07) is 2.09. The molecule has 12 heteroatoms. The van der Waals surface area contributed by atoms with Gasteiger partial charge in [-0.3, -0.25) is 9.20 Å². The fraction of sp³-hybridized carbons (Fsp3) is 0.381. The molecule has 0 spiro atoms. The fourth-order valence-electron chi connectivity index (χ4n) is 3.41. The largest absolute Gasteiger partial charge is 0.472 e. The number of fused-ring (bicyclic) bond motifs is 1. The first-order chi connectivity index (χ1) is 15.3. The molecule has 3 aromatic heterocycles. The summed E-state index contributed by atoms with van der Waals surface area (Å²) >= 11 is 6.30. The molecular weight excluding hydrogens is 465 g/mol. The molecule has 0 aliphatic carbocycles. The Morgan fingerprint density at radius 2 is 1.94 bits per heavy atom. The Morgan fingerprint density at radius 3 is 2.52 bits per heavy atom. The molecule has 3 aromatic rings. The van der Waals surface area contributed by atoms with Gasteiger partial charge in [-0.1, -0.05) is 11.6 Å². The zero-order valence-corrected chi connectivity index (χ0v) is 18.6. The van der Waals surface area contributed by atoms with Crippen molar-refractivity contribution in [3.8, 4) is 11.1 Å². The van der Waals surface area contributed by atoms with Crippen LogP contribution < -0.4 is 5.32 Å². The van der Waals surface area contributed by atoms with Crippen molar-refractivity contribution in [3.05, 3.63) is 47.3 Å². The Bertz CT molecular complexity index is 1210. The third-order valence-electron chi connectivity index (χ3n) is 4.91. The molecule has 1 fully saturated rings. The van der Waals surface area contributed by atoms with Crippen LogP contribution in [-0.4, -0.2) is 51.0 Å². The molecule has 1 N–H and O–H groups in total. The number of likely N-dealkylation sites (tertiary alicyclic amines) is 1. The summed E-state index contributed by atoms with van der Waals surface area (Å²) in [5.74, 6) is -0.635. The van der Waals surface area contributed by atoms with Crippen molar-refractivity contribution in [1.82, 2.24) is 19.6 Å². The number of imidazole rings is 1. The number of alkyl halides is 3. The van der Waals surface area contributed by atoms with E-state index in [9.17, 15) is 22.8 Å². The quantitative estimate of drug-likeness (QED) is 0.586. The van der Waals surface area contributed by atoms with Crippen LogP contribution in [-0.2, 0) is 10.9 Å². The summed E-state index contributed by atoms with van der Waals surface area (Å²) in [5.41, 5.74) is -1.87. The molecule has 0 atom stereocenters. The maximum atomic E-state index is 13.7. The van der Waals surface area contributed by atoms with Gasteiger partial charge in [-0.05, 0) is 32.9 Å². The molecule has 0 aromatic carbocycles. The van der Waals surface area contributed by atoms with Crippen LogP contribution in [0, 0.1) is 0 Å². The van der Waals surface area contributed by atoms with Crippen LogP contribution in [0.25, 0.3) is 16.8 Å². The van der Waals surface area contributed by atoms with Gasteiger partial charge in [0.2, 0.25) is 0 Å². The van der Waals surface area contributed by atoms with Crippen LogP contribution >= 0.6 is 11.6 Å². The van der Waals surface area contributed by atoms with E-state index >= 15 is 0 Å². The number of alkyl carbamates (subject to hydrolysis) is 1. The van der Waals surface area contributed by atoms with E-state index in [-0.39, 0.29) is 35.5 Å². The number of pyridine rings is 1. The molecule has 0 radical (unpaired) electrons. The van der Waals surface area contributed by atoms with E-state index in [1.807, 2.05) is 0 Å². The van der Waals surface area contributed by atoms with Crippen molar-refractivity contribution in [2.75, 3.05) is 13.1 Å². The van der Waals surface area contributed by atoms with Gasteiger partial charge in [-0.2, -0.15) is 13.2 Å². The van der Waals surface area contributed by atoms with Crippen LogP contribution in [0.4, 0.5) is 18.0 Å². The molecule has 1 aliphatic heterocycles. The molecule has 176 valence electrons. The molecule has 8 nitrogen and oxygen atoms in total. The predicted octanol–water partition coefficient (Wildman–Crippen LogP) is 4.62. The molecule has 0 bridgehead atoms. The van der Waals surface area contributed by atoms with E-state index in [4.69, 9.17) is 20.8 Å². The maximum absolute atomic E-state index is 13.7. The van der Waals surface area contributed by atoms with E-state index in [2.05, 4.69) is 10.3 Å². The second-order valence-electron chi connectivity index (χ2n) is 8.65. The highest BCUT2D eigenvalue weighted by Crippen LogP contribution is 2.37. The first kappa shape index (κ1) is 23.0. The lowest BCUT2D eigenvalue weighted by molar-refractivity contribution is -0.136. The Morgan fingerprint density at radius 1 is 1.24 bits per heavy atom. The Labute approximate surface area is 191 Å². The van der Waals surface area contributed by atoms with Gasteiger partial charge in [-0.25, -0.2) is 9.78 Å². The van der Waals surface area contributed by atoms with Gasteiger partial charge in [0.1, 0.15) is 10.8 Å². The van der Waals surface area contributed by atoms with Gasteiger partial charge < -0.3 is 19.4 Å². The number of carbonyl (C=O) groups excluding carboxylic acids is 2. The Hall–Kier alpha value is -3.21. The second-order valence-corrected chi connectivity index (χ2v) is 9.01. The lowest BCUT2D eigenvalue weighted by Crippen LogP contribution is -2.61. The zero-order valence-electron chi connectivity index (χ0n) is 17.9. The first-order valence-electron chi connectivity index (χ1n) is 9.93. The summed E-state index contributed by atoms with van der Waals surface area (Å²) < 4.78 is 52.4. The number of hydrogen-bond donors (Lipinski definition) is 1. The summed E-state index contributed by atoms with van der Waals surface area (Å²) in [7, 11) is 0. The molecule has 0 unspecified atom stereocenters. The number of nitrogens with zero attached hydrogens (tertiary/aromatic N) is 3. The summed E-state index contributed by atoms with van der Waals surface area (Å²) in [4.78, 5) is 30.0. The minimum atomic E-state index is -4.73. The van der Waals surface area contributed by atoms with Gasteiger partial charge in [-0.15, -0.1) is 0 Å². The van der Waals surface area contributed by atoms with Gasteiger partial charge in [0.05, 0.1) is 24.1 Å². The average Bonchev–Trinajstić information content (AvgIpc) is 3.29. The molecule has 1 aliphatic rings. The fourth-order valence-corrected chi connectivity index (χ4v) is 3.66. The van der Waals surface area contributed by atoms with Crippen molar-refractivity contribution in [2.45, 2.75) is 38.6 Å². The minimum absolute atomic E-state index is 0.147. The predicted molar refractivity (Wildman–Crippen MR) is 112 cm³/mol. The van der Waals surface area contributed by atoms with Crippen LogP contribution in [0.2, 0.25) is 5.15 Å². The number of carbonyl (C=O) groups is 2. The summed E-state index contributed by atoms with van der Waals surface area (Å²) in [5, 5.41) is 2.39. The third-order valence-corrected chi connectivity index (χ3v) is 5.27. The number of aromatic nitrogens is 2. The number of rotatable bonds is 3.